The van der Waals surface area contributed by atoms with E-state index >= 15 is 0 Å². The number of pyridine rings is 1. The fraction of sp³-hybridized carbons (Fsp3) is 0.333. The Hall–Kier alpha value is -2.24. The molecule has 1 aliphatic rings. The monoisotopic (exact) mass is 365 g/mol. The van der Waals surface area contributed by atoms with Gasteiger partial charge in [0.15, 0.2) is 0 Å². The highest BCUT2D eigenvalue weighted by Crippen LogP contribution is 2.30. The first-order valence-electron chi connectivity index (χ1n) is 9.16. The van der Waals surface area contributed by atoms with Crippen LogP contribution in [0.4, 0.5) is 0 Å². The second-order valence-electron chi connectivity index (χ2n) is 6.82. The van der Waals surface area contributed by atoms with Crippen molar-refractivity contribution in [1.82, 2.24) is 14.5 Å². The van der Waals surface area contributed by atoms with Crippen molar-refractivity contribution in [3.8, 4) is 11.4 Å². The SMILES string of the molecule is CCc1ccc(CN(Cn2c(-c3ccccn3)csc2=O)C2CC2)cc1. The number of benzene rings is 1. The van der Waals surface area contributed by atoms with Crippen LogP contribution in [0.3, 0.4) is 0 Å². The van der Waals surface area contributed by atoms with Crippen LogP contribution in [0.5, 0.6) is 0 Å². The molecule has 2 aromatic heterocycles. The molecule has 1 fully saturated rings. The van der Waals surface area contributed by atoms with Gasteiger partial charge in [0.25, 0.3) is 0 Å². The van der Waals surface area contributed by atoms with Gasteiger partial charge in [-0.25, -0.2) is 0 Å². The maximum Gasteiger partial charge on any atom is 0.308 e. The van der Waals surface area contributed by atoms with Gasteiger partial charge in [0.1, 0.15) is 0 Å². The van der Waals surface area contributed by atoms with E-state index in [1.54, 1.807) is 6.20 Å². The van der Waals surface area contributed by atoms with Crippen molar-refractivity contribution in [2.45, 2.75) is 45.4 Å². The van der Waals surface area contributed by atoms with Gasteiger partial charge >= 0.3 is 4.87 Å². The first-order valence-corrected chi connectivity index (χ1v) is 10.0. The zero-order chi connectivity index (χ0) is 17.9. The topological polar surface area (TPSA) is 38.1 Å². The molecule has 5 heteroatoms. The van der Waals surface area contributed by atoms with Gasteiger partial charge in [-0.15, -0.1) is 0 Å². The average molecular weight is 366 g/mol. The summed E-state index contributed by atoms with van der Waals surface area (Å²) in [5.41, 5.74) is 4.43. The summed E-state index contributed by atoms with van der Waals surface area (Å²) in [7, 11) is 0. The molecule has 0 unspecified atom stereocenters. The molecule has 0 spiro atoms. The average Bonchev–Trinajstić information content (AvgIpc) is 3.47. The smallest absolute Gasteiger partial charge is 0.284 e. The summed E-state index contributed by atoms with van der Waals surface area (Å²) in [6, 6.07) is 15.2. The van der Waals surface area contributed by atoms with Gasteiger partial charge in [0.2, 0.25) is 0 Å². The Labute approximate surface area is 157 Å². The second-order valence-corrected chi connectivity index (χ2v) is 7.64. The van der Waals surface area contributed by atoms with E-state index in [9.17, 15) is 4.79 Å². The third-order valence-corrected chi connectivity index (χ3v) is 5.68. The van der Waals surface area contributed by atoms with Crippen LogP contribution in [-0.4, -0.2) is 20.5 Å². The van der Waals surface area contributed by atoms with Gasteiger partial charge in [-0.1, -0.05) is 48.6 Å². The Morgan fingerprint density at radius 3 is 2.58 bits per heavy atom. The molecule has 0 aliphatic heterocycles. The van der Waals surface area contributed by atoms with E-state index in [0.717, 1.165) is 24.4 Å². The van der Waals surface area contributed by atoms with Crippen LogP contribution in [0.25, 0.3) is 11.4 Å². The summed E-state index contributed by atoms with van der Waals surface area (Å²) in [5.74, 6) is 0. The molecule has 0 amide bonds. The van der Waals surface area contributed by atoms with Gasteiger partial charge in [-0.3, -0.25) is 19.2 Å². The van der Waals surface area contributed by atoms with E-state index < -0.39 is 0 Å². The van der Waals surface area contributed by atoms with Gasteiger partial charge in [0.05, 0.1) is 18.1 Å². The zero-order valence-electron chi connectivity index (χ0n) is 15.0. The van der Waals surface area contributed by atoms with Crippen LogP contribution >= 0.6 is 11.3 Å². The van der Waals surface area contributed by atoms with Crippen LogP contribution in [0.1, 0.15) is 30.9 Å². The first kappa shape index (κ1) is 17.2. The fourth-order valence-electron chi connectivity index (χ4n) is 3.21. The predicted octanol–water partition coefficient (Wildman–Crippen LogP) is 4.16. The highest BCUT2D eigenvalue weighted by atomic mass is 32.1. The van der Waals surface area contributed by atoms with E-state index in [-0.39, 0.29) is 4.87 Å². The number of thiazole rings is 1. The Balaban J connectivity index is 1.58. The molecule has 4 nitrogen and oxygen atoms in total. The van der Waals surface area contributed by atoms with Crippen molar-refractivity contribution in [1.29, 1.82) is 0 Å². The summed E-state index contributed by atoms with van der Waals surface area (Å²) in [6.45, 7) is 3.67. The van der Waals surface area contributed by atoms with E-state index in [2.05, 4.69) is 41.1 Å². The lowest BCUT2D eigenvalue weighted by molar-refractivity contribution is 0.198. The molecule has 0 radical (unpaired) electrons. The van der Waals surface area contributed by atoms with Gasteiger partial charge in [0, 0.05) is 24.2 Å². The second kappa shape index (κ2) is 7.56. The molecule has 1 aliphatic carbocycles. The molecule has 0 saturated heterocycles. The van der Waals surface area contributed by atoms with Crippen molar-refractivity contribution in [2.75, 3.05) is 0 Å². The maximum absolute atomic E-state index is 12.5. The highest BCUT2D eigenvalue weighted by molar-refractivity contribution is 7.07. The lowest BCUT2D eigenvalue weighted by atomic mass is 10.1. The number of aryl methyl sites for hydroxylation is 1. The Morgan fingerprint density at radius 1 is 1.15 bits per heavy atom. The molecular weight excluding hydrogens is 342 g/mol. The minimum absolute atomic E-state index is 0.0811. The molecule has 2 heterocycles. The van der Waals surface area contributed by atoms with Crippen LogP contribution in [-0.2, 0) is 19.6 Å². The van der Waals surface area contributed by atoms with Crippen LogP contribution < -0.4 is 4.87 Å². The van der Waals surface area contributed by atoms with E-state index in [1.165, 1.54) is 35.3 Å². The maximum atomic E-state index is 12.5. The van der Waals surface area contributed by atoms with E-state index in [0.29, 0.717) is 12.7 Å². The van der Waals surface area contributed by atoms with Gasteiger partial charge in [-0.2, -0.15) is 0 Å². The number of hydrogen-bond donors (Lipinski definition) is 0. The largest absolute Gasteiger partial charge is 0.308 e. The molecule has 0 bridgehead atoms. The first-order chi connectivity index (χ1) is 12.7. The summed E-state index contributed by atoms with van der Waals surface area (Å²) in [5, 5.41) is 1.92. The standard InChI is InChI=1S/C21H23N3OS/c1-2-16-6-8-17(9-7-16)13-23(18-10-11-18)15-24-20(14-26-21(24)25)19-5-3-4-12-22-19/h3-9,12,14,18H,2,10-11,13,15H2,1H3. The molecule has 134 valence electrons. The number of hydrogen-bond acceptors (Lipinski definition) is 4. The van der Waals surface area contributed by atoms with Crippen molar-refractivity contribution in [2.24, 2.45) is 0 Å². The predicted molar refractivity (Wildman–Crippen MR) is 106 cm³/mol. The minimum atomic E-state index is 0.0811. The van der Waals surface area contributed by atoms with E-state index in [4.69, 9.17) is 0 Å². The van der Waals surface area contributed by atoms with Crippen molar-refractivity contribution in [3.05, 3.63) is 74.8 Å². The van der Waals surface area contributed by atoms with Gasteiger partial charge < -0.3 is 0 Å². The molecule has 4 rings (SSSR count). The molecular formula is C21H23N3OS. The molecule has 26 heavy (non-hydrogen) atoms. The zero-order valence-corrected chi connectivity index (χ0v) is 15.8. The Morgan fingerprint density at radius 2 is 1.92 bits per heavy atom. The number of rotatable bonds is 7. The quantitative estimate of drug-likeness (QED) is 0.631. The van der Waals surface area contributed by atoms with E-state index in [1.807, 2.05) is 28.1 Å². The minimum Gasteiger partial charge on any atom is -0.284 e. The Kier molecular flexibility index (Phi) is 5.00. The molecule has 1 saturated carbocycles. The van der Waals surface area contributed by atoms with Crippen molar-refractivity contribution in [3.63, 3.8) is 0 Å². The number of nitrogens with zero attached hydrogens (tertiary/aromatic N) is 3. The molecule has 3 aromatic rings. The van der Waals surface area contributed by atoms with Crippen molar-refractivity contribution >= 4 is 11.3 Å². The summed E-state index contributed by atoms with van der Waals surface area (Å²) in [4.78, 5) is 19.4. The van der Waals surface area contributed by atoms with Crippen LogP contribution in [0.15, 0.2) is 58.8 Å². The third-order valence-electron chi connectivity index (χ3n) is 4.91. The summed E-state index contributed by atoms with van der Waals surface area (Å²) >= 11 is 1.25. The lowest BCUT2D eigenvalue weighted by Gasteiger charge is -2.23. The normalized spacial score (nSPS) is 14.1. The third kappa shape index (κ3) is 3.79. The van der Waals surface area contributed by atoms with Crippen LogP contribution in [0, 0.1) is 0 Å². The fourth-order valence-corrected chi connectivity index (χ4v) is 3.95. The highest BCUT2D eigenvalue weighted by Gasteiger charge is 2.30. The van der Waals surface area contributed by atoms with Gasteiger partial charge in [-0.05, 0) is 42.5 Å². The molecule has 1 aromatic carbocycles. The lowest BCUT2D eigenvalue weighted by Crippen LogP contribution is -2.32. The summed E-state index contributed by atoms with van der Waals surface area (Å²) in [6.07, 6.45) is 5.26. The Bertz CT molecular complexity index is 910. The summed E-state index contributed by atoms with van der Waals surface area (Å²) < 4.78 is 1.87. The number of aromatic nitrogens is 2. The molecule has 0 atom stereocenters. The van der Waals surface area contributed by atoms with Crippen LogP contribution in [0.2, 0.25) is 0 Å². The van der Waals surface area contributed by atoms with Crippen molar-refractivity contribution < 1.29 is 0 Å². The molecule has 0 N–H and O–H groups in total.